The van der Waals surface area contributed by atoms with Gasteiger partial charge in [-0.2, -0.15) is 0 Å². The molecule has 0 saturated heterocycles. The highest BCUT2D eigenvalue weighted by molar-refractivity contribution is 6.01. The van der Waals surface area contributed by atoms with Crippen LogP contribution in [0.3, 0.4) is 0 Å². The van der Waals surface area contributed by atoms with E-state index >= 15 is 0 Å². The van der Waals surface area contributed by atoms with Crippen molar-refractivity contribution in [3.8, 4) is 17.0 Å². The van der Waals surface area contributed by atoms with Crippen LogP contribution in [0.5, 0.6) is 5.75 Å². The lowest BCUT2D eigenvalue weighted by Crippen LogP contribution is -2.21. The Hall–Kier alpha value is -3.29. The lowest BCUT2D eigenvalue weighted by atomic mass is 9.92. The molecule has 1 aromatic heterocycles. The number of nitrogens with two attached hydrogens (primary N) is 1. The fourth-order valence-corrected chi connectivity index (χ4v) is 4.57. The third-order valence-corrected chi connectivity index (χ3v) is 6.81. The van der Waals surface area contributed by atoms with E-state index < -0.39 is 19.1 Å². The Balaban J connectivity index is 1.42. The average molecular weight is 470 g/mol. The SMILES string of the molecule is CC(OC(=O)Nc1ccc(-c2c(N)c3ccc(OCC(F)F)cc3n2C2CCC2)cc1)C1CC1. The fraction of sp³-hybridized carbons (Fsp3) is 0.423. The fourth-order valence-electron chi connectivity index (χ4n) is 4.57. The molecule has 2 saturated carbocycles. The molecule has 2 aromatic carbocycles. The molecule has 3 N–H and O–H groups in total. The van der Waals surface area contributed by atoms with Crippen LogP contribution in [0.2, 0.25) is 0 Å². The molecule has 0 aliphatic heterocycles. The minimum absolute atomic E-state index is 0.0770. The number of carbonyl (C=O) groups is 1. The van der Waals surface area contributed by atoms with Crippen LogP contribution in [0.25, 0.3) is 22.2 Å². The topological polar surface area (TPSA) is 78.5 Å². The van der Waals surface area contributed by atoms with Crippen LogP contribution < -0.4 is 15.8 Å². The number of rotatable bonds is 8. The normalized spacial score (nSPS) is 16.9. The number of aromatic nitrogens is 1. The zero-order chi connectivity index (χ0) is 23.8. The second kappa shape index (κ2) is 9.16. The van der Waals surface area contributed by atoms with Crippen LogP contribution in [-0.2, 0) is 4.74 Å². The number of anilines is 2. The van der Waals surface area contributed by atoms with Gasteiger partial charge in [-0.05, 0) is 69.2 Å². The summed E-state index contributed by atoms with van der Waals surface area (Å²) in [5, 5.41) is 3.66. The molecule has 180 valence electrons. The number of amides is 1. The second-order valence-electron chi connectivity index (χ2n) is 9.25. The highest BCUT2D eigenvalue weighted by atomic mass is 19.3. The molecule has 0 spiro atoms. The van der Waals surface area contributed by atoms with E-state index in [1.807, 2.05) is 37.3 Å². The van der Waals surface area contributed by atoms with Gasteiger partial charge in [-0.1, -0.05) is 12.1 Å². The molecular weight excluding hydrogens is 440 g/mol. The van der Waals surface area contributed by atoms with Gasteiger partial charge in [-0.15, -0.1) is 0 Å². The number of carbonyl (C=O) groups excluding carboxylic acids is 1. The highest BCUT2D eigenvalue weighted by Gasteiger charge is 2.31. The summed E-state index contributed by atoms with van der Waals surface area (Å²) in [6, 6.07) is 13.1. The van der Waals surface area contributed by atoms with Crippen molar-refractivity contribution in [2.45, 2.75) is 57.6 Å². The van der Waals surface area contributed by atoms with Crippen LogP contribution >= 0.6 is 0 Å². The maximum atomic E-state index is 12.6. The van der Waals surface area contributed by atoms with E-state index in [2.05, 4.69) is 9.88 Å². The molecule has 1 atom stereocenters. The summed E-state index contributed by atoms with van der Waals surface area (Å²) in [6.45, 7) is 1.28. The largest absolute Gasteiger partial charge is 0.488 e. The summed E-state index contributed by atoms with van der Waals surface area (Å²) in [7, 11) is 0. The Bertz CT molecular complexity index is 1180. The standard InChI is InChI=1S/C26H29F2N3O3/c1-15(16-5-6-16)34-26(32)30-18-9-7-17(8-10-18)25-24(29)21-12-11-20(33-14-23(27)28)13-22(21)31(25)19-3-2-4-19/h7-13,15-16,19,23H,2-6,14,29H2,1H3,(H,30,32). The predicted octanol–water partition coefficient (Wildman–Crippen LogP) is 6.61. The van der Waals surface area contributed by atoms with E-state index in [0.29, 0.717) is 23.0 Å². The van der Waals surface area contributed by atoms with Gasteiger partial charge in [-0.25, -0.2) is 13.6 Å². The van der Waals surface area contributed by atoms with E-state index in [1.165, 1.54) is 0 Å². The number of benzene rings is 2. The number of hydrogen-bond acceptors (Lipinski definition) is 4. The molecule has 1 unspecified atom stereocenters. The zero-order valence-electron chi connectivity index (χ0n) is 19.1. The van der Waals surface area contributed by atoms with Gasteiger partial charge in [0.15, 0.2) is 0 Å². The lowest BCUT2D eigenvalue weighted by Gasteiger charge is -2.30. The first kappa shape index (κ1) is 22.5. The molecule has 8 heteroatoms. The van der Waals surface area contributed by atoms with E-state index in [-0.39, 0.29) is 12.1 Å². The van der Waals surface area contributed by atoms with Gasteiger partial charge in [0, 0.05) is 28.7 Å². The van der Waals surface area contributed by atoms with Crippen molar-refractivity contribution in [2.24, 2.45) is 5.92 Å². The third-order valence-electron chi connectivity index (χ3n) is 6.81. The Morgan fingerprint density at radius 3 is 2.50 bits per heavy atom. The molecular formula is C26H29F2N3O3. The molecule has 0 radical (unpaired) electrons. The van der Waals surface area contributed by atoms with Crippen molar-refractivity contribution in [1.82, 2.24) is 4.57 Å². The Morgan fingerprint density at radius 1 is 1.15 bits per heavy atom. The van der Waals surface area contributed by atoms with Crippen molar-refractivity contribution in [3.63, 3.8) is 0 Å². The van der Waals surface area contributed by atoms with Crippen molar-refractivity contribution < 1.29 is 23.0 Å². The minimum Gasteiger partial charge on any atom is -0.488 e. The number of nitrogen functional groups attached to an aromatic ring is 1. The number of ether oxygens (including phenoxy) is 2. The van der Waals surface area contributed by atoms with Crippen LogP contribution in [-0.4, -0.2) is 29.8 Å². The number of fused-ring (bicyclic) bond motifs is 1. The Morgan fingerprint density at radius 2 is 1.88 bits per heavy atom. The maximum absolute atomic E-state index is 12.6. The van der Waals surface area contributed by atoms with Crippen molar-refractivity contribution in [3.05, 3.63) is 42.5 Å². The summed E-state index contributed by atoms with van der Waals surface area (Å²) >= 11 is 0. The molecule has 0 bridgehead atoms. The molecule has 5 rings (SSSR count). The van der Waals surface area contributed by atoms with Crippen LogP contribution in [0, 0.1) is 5.92 Å². The number of halogens is 2. The van der Waals surface area contributed by atoms with Crippen molar-refractivity contribution in [1.29, 1.82) is 0 Å². The maximum Gasteiger partial charge on any atom is 0.411 e. The van der Waals surface area contributed by atoms with Gasteiger partial charge in [0.05, 0.1) is 16.9 Å². The summed E-state index contributed by atoms with van der Waals surface area (Å²) in [5.74, 6) is 0.877. The van der Waals surface area contributed by atoms with Crippen molar-refractivity contribution in [2.75, 3.05) is 17.7 Å². The Labute approximate surface area is 197 Å². The minimum atomic E-state index is -2.53. The smallest absolute Gasteiger partial charge is 0.411 e. The quantitative estimate of drug-likeness (QED) is 0.389. The van der Waals surface area contributed by atoms with E-state index in [1.54, 1.807) is 12.1 Å². The Kier molecular flexibility index (Phi) is 6.06. The number of nitrogens with zero attached hydrogens (tertiary/aromatic N) is 1. The number of alkyl halides is 2. The summed E-state index contributed by atoms with van der Waals surface area (Å²) in [5.41, 5.74) is 10.6. The molecule has 2 aliphatic rings. The molecule has 2 aliphatic carbocycles. The predicted molar refractivity (Wildman–Crippen MR) is 128 cm³/mol. The van der Waals surface area contributed by atoms with Gasteiger partial charge < -0.3 is 19.8 Å². The molecule has 3 aromatic rings. The third kappa shape index (κ3) is 4.54. The van der Waals surface area contributed by atoms with Gasteiger partial charge >= 0.3 is 6.09 Å². The summed E-state index contributed by atoms with van der Waals surface area (Å²) in [6.07, 6.45) is 2.36. The number of nitrogens with one attached hydrogen (secondary N) is 1. The lowest BCUT2D eigenvalue weighted by molar-refractivity contribution is 0.0819. The molecule has 6 nitrogen and oxygen atoms in total. The number of hydrogen-bond donors (Lipinski definition) is 2. The average Bonchev–Trinajstić information content (AvgIpc) is 3.58. The van der Waals surface area contributed by atoms with Crippen LogP contribution in [0.4, 0.5) is 25.0 Å². The van der Waals surface area contributed by atoms with E-state index in [4.69, 9.17) is 15.2 Å². The first-order chi connectivity index (χ1) is 16.4. The highest BCUT2D eigenvalue weighted by Crippen LogP contribution is 2.45. The van der Waals surface area contributed by atoms with Gasteiger partial charge in [-0.3, -0.25) is 5.32 Å². The zero-order valence-corrected chi connectivity index (χ0v) is 19.1. The second-order valence-corrected chi connectivity index (χ2v) is 9.25. The molecule has 1 amide bonds. The molecule has 1 heterocycles. The molecule has 34 heavy (non-hydrogen) atoms. The van der Waals surface area contributed by atoms with E-state index in [0.717, 1.165) is 54.3 Å². The van der Waals surface area contributed by atoms with Crippen LogP contribution in [0.15, 0.2) is 42.5 Å². The monoisotopic (exact) mass is 469 g/mol. The molecule has 2 fully saturated rings. The van der Waals surface area contributed by atoms with Gasteiger partial charge in [0.1, 0.15) is 18.5 Å². The van der Waals surface area contributed by atoms with Crippen molar-refractivity contribution >= 4 is 28.4 Å². The van der Waals surface area contributed by atoms with Gasteiger partial charge in [0.2, 0.25) is 0 Å². The van der Waals surface area contributed by atoms with Crippen LogP contribution in [0.1, 0.15) is 45.1 Å². The summed E-state index contributed by atoms with van der Waals surface area (Å²) in [4.78, 5) is 12.2. The van der Waals surface area contributed by atoms with Gasteiger partial charge in [0.25, 0.3) is 6.43 Å². The summed E-state index contributed by atoms with van der Waals surface area (Å²) < 4.78 is 38.1. The first-order valence-electron chi connectivity index (χ1n) is 11.8. The van der Waals surface area contributed by atoms with E-state index in [9.17, 15) is 13.6 Å². The first-order valence-corrected chi connectivity index (χ1v) is 11.8.